The maximum atomic E-state index is 2.37. The molecule has 1 aliphatic carbocycles. The Bertz CT molecular complexity index is 530. The van der Waals surface area contributed by atoms with Gasteiger partial charge in [-0.2, -0.15) is 0 Å². The maximum Gasteiger partial charge on any atom is -0.0104 e. The molecule has 0 radical (unpaired) electrons. The molecule has 0 amide bonds. The summed E-state index contributed by atoms with van der Waals surface area (Å²) in [5, 5.41) is 0. The van der Waals surface area contributed by atoms with Gasteiger partial charge in [0.25, 0.3) is 0 Å². The molecule has 0 heterocycles. The monoisotopic (exact) mass is 312 g/mol. The quantitative estimate of drug-likeness (QED) is 0.444. The average Bonchev–Trinajstić information content (AvgIpc) is 2.44. The first-order valence-electron chi connectivity index (χ1n) is 9.12. The van der Waals surface area contributed by atoms with Crippen molar-refractivity contribution in [3.05, 3.63) is 58.7 Å². The van der Waals surface area contributed by atoms with Crippen molar-refractivity contribution in [1.29, 1.82) is 0 Å². The predicted octanol–water partition coefficient (Wildman–Crippen LogP) is 7.56. The van der Waals surface area contributed by atoms with E-state index >= 15 is 0 Å². The normalized spacial score (nSPS) is 20.3. The van der Waals surface area contributed by atoms with E-state index in [2.05, 4.69) is 84.9 Å². The minimum Gasteiger partial charge on any atom is -0.0813 e. The van der Waals surface area contributed by atoms with Gasteiger partial charge in [0.05, 0.1) is 0 Å². The second kappa shape index (κ2) is 9.11. The van der Waals surface area contributed by atoms with E-state index in [0.717, 1.165) is 12.3 Å². The van der Waals surface area contributed by atoms with Crippen LogP contribution in [0.3, 0.4) is 0 Å². The molecule has 0 bridgehead atoms. The van der Waals surface area contributed by atoms with Gasteiger partial charge in [0.2, 0.25) is 0 Å². The zero-order valence-corrected chi connectivity index (χ0v) is 16.4. The summed E-state index contributed by atoms with van der Waals surface area (Å²) in [6.45, 7) is 15.9. The molecule has 0 heteroatoms. The molecule has 0 N–H and O–H groups in total. The van der Waals surface area contributed by atoms with Crippen LogP contribution < -0.4 is 0 Å². The highest BCUT2D eigenvalue weighted by molar-refractivity contribution is 5.37. The van der Waals surface area contributed by atoms with Gasteiger partial charge in [-0.15, -0.1) is 0 Å². The largest absolute Gasteiger partial charge is 0.0813 e. The van der Waals surface area contributed by atoms with Gasteiger partial charge in [-0.05, 0) is 63.4 Å². The van der Waals surface area contributed by atoms with Crippen LogP contribution >= 0.6 is 0 Å². The highest BCUT2D eigenvalue weighted by atomic mass is 14.3. The standard InChI is InChI=1S/C23H36/c1-18(2)13-14-19(3)10-8-11-20(4)15-16-22-21(5)12-9-17-23(22,6)7/h8,10-11,14-16,18H,9,12-13,17H2,1-7H3/b10-8-,16-15?,19-14?,20-11?. The second-order valence-electron chi connectivity index (χ2n) is 8.11. The van der Waals surface area contributed by atoms with Gasteiger partial charge in [0.15, 0.2) is 0 Å². The van der Waals surface area contributed by atoms with Gasteiger partial charge in [-0.25, -0.2) is 0 Å². The number of hydrogen-bond acceptors (Lipinski definition) is 0. The van der Waals surface area contributed by atoms with Gasteiger partial charge in [0.1, 0.15) is 0 Å². The third-order valence-electron chi connectivity index (χ3n) is 4.68. The Kier molecular flexibility index (Phi) is 7.82. The highest BCUT2D eigenvalue weighted by Crippen LogP contribution is 2.40. The lowest BCUT2D eigenvalue weighted by Gasteiger charge is -2.32. The van der Waals surface area contributed by atoms with E-state index in [0.29, 0.717) is 5.41 Å². The van der Waals surface area contributed by atoms with E-state index in [-0.39, 0.29) is 0 Å². The van der Waals surface area contributed by atoms with E-state index < -0.39 is 0 Å². The van der Waals surface area contributed by atoms with E-state index in [1.54, 1.807) is 5.57 Å². The van der Waals surface area contributed by atoms with Gasteiger partial charge in [-0.1, -0.05) is 80.9 Å². The minimum absolute atomic E-state index is 0.325. The molecule has 0 spiro atoms. The van der Waals surface area contributed by atoms with Crippen molar-refractivity contribution in [2.45, 2.75) is 74.1 Å². The molecule has 0 aliphatic heterocycles. The lowest BCUT2D eigenvalue weighted by Crippen LogP contribution is -2.19. The second-order valence-corrected chi connectivity index (χ2v) is 8.11. The Morgan fingerprint density at radius 3 is 2.43 bits per heavy atom. The van der Waals surface area contributed by atoms with Gasteiger partial charge in [-0.3, -0.25) is 0 Å². The summed E-state index contributed by atoms with van der Waals surface area (Å²) in [5.41, 5.74) is 6.07. The van der Waals surface area contributed by atoms with E-state index in [1.165, 1.54) is 36.0 Å². The van der Waals surface area contributed by atoms with Crippen LogP contribution in [0, 0.1) is 11.3 Å². The highest BCUT2D eigenvalue weighted by Gasteiger charge is 2.26. The Hall–Kier alpha value is -1.30. The predicted molar refractivity (Wildman–Crippen MR) is 106 cm³/mol. The molecular weight excluding hydrogens is 276 g/mol. The SMILES string of the molecule is CC(C=CC1=C(C)CCCC1(C)C)=C/C=C\C(C)=CCC(C)C. The summed E-state index contributed by atoms with van der Waals surface area (Å²) in [6, 6.07) is 0. The lowest BCUT2D eigenvalue weighted by atomic mass is 9.72. The van der Waals surface area contributed by atoms with E-state index in [1.807, 2.05) is 0 Å². The van der Waals surface area contributed by atoms with Crippen LogP contribution in [-0.2, 0) is 0 Å². The van der Waals surface area contributed by atoms with E-state index in [9.17, 15) is 0 Å². The summed E-state index contributed by atoms with van der Waals surface area (Å²) in [5.74, 6) is 0.730. The van der Waals surface area contributed by atoms with Crippen molar-refractivity contribution in [2.24, 2.45) is 11.3 Å². The Morgan fingerprint density at radius 2 is 1.83 bits per heavy atom. The van der Waals surface area contributed by atoms with Crippen LogP contribution in [0.25, 0.3) is 0 Å². The number of rotatable bonds is 6. The molecule has 0 nitrogen and oxygen atoms in total. The van der Waals surface area contributed by atoms with Crippen LogP contribution in [0.15, 0.2) is 58.7 Å². The first kappa shape index (κ1) is 19.7. The molecular formula is C23H36. The van der Waals surface area contributed by atoms with Crippen LogP contribution in [0.1, 0.15) is 74.1 Å². The van der Waals surface area contributed by atoms with Crippen LogP contribution in [0.2, 0.25) is 0 Å². The maximum absolute atomic E-state index is 2.37. The molecule has 1 aliphatic rings. The van der Waals surface area contributed by atoms with Crippen molar-refractivity contribution in [3.8, 4) is 0 Å². The Labute approximate surface area is 144 Å². The molecule has 128 valence electrons. The topological polar surface area (TPSA) is 0 Å². The molecule has 1 rings (SSSR count). The molecule has 0 fully saturated rings. The summed E-state index contributed by atoms with van der Waals surface area (Å²) in [4.78, 5) is 0. The third kappa shape index (κ3) is 7.20. The average molecular weight is 313 g/mol. The Morgan fingerprint density at radius 1 is 1.13 bits per heavy atom. The fourth-order valence-corrected chi connectivity index (χ4v) is 3.12. The van der Waals surface area contributed by atoms with Crippen molar-refractivity contribution in [2.75, 3.05) is 0 Å². The third-order valence-corrected chi connectivity index (χ3v) is 4.68. The number of hydrogen-bond donors (Lipinski definition) is 0. The molecule has 0 aromatic carbocycles. The van der Waals surface area contributed by atoms with E-state index in [4.69, 9.17) is 0 Å². The zero-order chi connectivity index (χ0) is 17.5. The molecule has 0 atom stereocenters. The first-order chi connectivity index (χ1) is 10.7. The molecule has 0 saturated heterocycles. The fraction of sp³-hybridized carbons (Fsp3) is 0.565. The van der Waals surface area contributed by atoms with Crippen LogP contribution in [-0.4, -0.2) is 0 Å². The molecule has 0 unspecified atom stereocenters. The van der Waals surface area contributed by atoms with Crippen molar-refractivity contribution < 1.29 is 0 Å². The van der Waals surface area contributed by atoms with Crippen molar-refractivity contribution in [3.63, 3.8) is 0 Å². The van der Waals surface area contributed by atoms with Crippen LogP contribution in [0.5, 0.6) is 0 Å². The summed E-state index contributed by atoms with van der Waals surface area (Å²) in [6.07, 6.45) is 18.5. The molecule has 23 heavy (non-hydrogen) atoms. The molecule has 0 saturated carbocycles. The number of allylic oxidation sites excluding steroid dienone is 10. The van der Waals surface area contributed by atoms with Crippen molar-refractivity contribution in [1.82, 2.24) is 0 Å². The van der Waals surface area contributed by atoms with Gasteiger partial charge < -0.3 is 0 Å². The Balaban J connectivity index is 2.71. The molecule has 0 aromatic heterocycles. The smallest absolute Gasteiger partial charge is 0.0104 e. The molecule has 0 aromatic rings. The van der Waals surface area contributed by atoms with Crippen molar-refractivity contribution >= 4 is 0 Å². The zero-order valence-electron chi connectivity index (χ0n) is 16.4. The van der Waals surface area contributed by atoms with Gasteiger partial charge in [0, 0.05) is 0 Å². The van der Waals surface area contributed by atoms with Crippen LogP contribution in [0.4, 0.5) is 0 Å². The fourth-order valence-electron chi connectivity index (χ4n) is 3.12. The lowest BCUT2D eigenvalue weighted by molar-refractivity contribution is 0.377. The summed E-state index contributed by atoms with van der Waals surface area (Å²) in [7, 11) is 0. The first-order valence-corrected chi connectivity index (χ1v) is 9.12. The minimum atomic E-state index is 0.325. The summed E-state index contributed by atoms with van der Waals surface area (Å²) >= 11 is 0. The summed E-state index contributed by atoms with van der Waals surface area (Å²) < 4.78 is 0. The van der Waals surface area contributed by atoms with Gasteiger partial charge >= 0.3 is 0 Å².